The fourth-order valence-electron chi connectivity index (χ4n) is 2.18. The number of esters is 2. The van der Waals surface area contributed by atoms with E-state index < -0.39 is 11.9 Å². The predicted molar refractivity (Wildman–Crippen MR) is 111 cm³/mol. The third kappa shape index (κ3) is 7.81. The smallest absolute Gasteiger partial charge is 0.340 e. The van der Waals surface area contributed by atoms with Gasteiger partial charge < -0.3 is 9.84 Å². The molecule has 0 unspecified atom stereocenters. The Morgan fingerprint density at radius 1 is 0.852 bits per heavy atom. The summed E-state index contributed by atoms with van der Waals surface area (Å²) in [5.41, 5.74) is 3.65. The molecule has 0 amide bonds. The maximum Gasteiger partial charge on any atom is 0.340 e. The number of aryl methyl sites for hydroxylation is 1. The van der Waals surface area contributed by atoms with Crippen molar-refractivity contribution in [3.8, 4) is 5.75 Å². The van der Waals surface area contributed by atoms with Gasteiger partial charge in [0.15, 0.2) is 0 Å². The van der Waals surface area contributed by atoms with E-state index in [9.17, 15) is 14.7 Å². The summed E-state index contributed by atoms with van der Waals surface area (Å²) in [5.74, 6) is -0.957. The Bertz CT molecular complexity index is 682. The number of hydrogen-bond acceptors (Lipinski definition) is 4. The van der Waals surface area contributed by atoms with Crippen molar-refractivity contribution < 1.29 is 19.4 Å². The molecule has 0 heterocycles. The zero-order valence-electron chi connectivity index (χ0n) is 18.2. The van der Waals surface area contributed by atoms with Crippen LogP contribution in [0, 0.1) is 6.92 Å². The maximum atomic E-state index is 10.7. The molecule has 0 radical (unpaired) electrons. The van der Waals surface area contributed by atoms with Gasteiger partial charge in [0.2, 0.25) is 0 Å². The molecular formula is C23H34O4. The van der Waals surface area contributed by atoms with Crippen LogP contribution >= 0.6 is 0 Å². The number of benzene rings is 1. The highest BCUT2D eigenvalue weighted by molar-refractivity contribution is 6.00. The van der Waals surface area contributed by atoms with Gasteiger partial charge >= 0.3 is 11.9 Å². The summed E-state index contributed by atoms with van der Waals surface area (Å²) in [6, 6.07) is 4.18. The Balaban J connectivity index is 0.000000541. The van der Waals surface area contributed by atoms with Crippen molar-refractivity contribution in [1.29, 1.82) is 0 Å². The summed E-state index contributed by atoms with van der Waals surface area (Å²) in [6.07, 6.45) is 0. The van der Waals surface area contributed by atoms with Crippen LogP contribution in [0.25, 0.3) is 0 Å². The van der Waals surface area contributed by atoms with E-state index in [0.29, 0.717) is 5.75 Å². The molecule has 4 nitrogen and oxygen atoms in total. The molecule has 0 fully saturated rings. The van der Waals surface area contributed by atoms with E-state index in [1.54, 1.807) is 0 Å². The Morgan fingerprint density at radius 3 is 1.37 bits per heavy atom. The summed E-state index contributed by atoms with van der Waals surface area (Å²) in [4.78, 5) is 21.3. The molecule has 4 heteroatoms. The molecule has 0 saturated carbocycles. The van der Waals surface area contributed by atoms with E-state index in [4.69, 9.17) is 0 Å². The van der Waals surface area contributed by atoms with Crippen molar-refractivity contribution in [2.75, 3.05) is 0 Å². The van der Waals surface area contributed by atoms with Crippen LogP contribution in [0.3, 0.4) is 0 Å². The first kappa shape index (κ1) is 24.6. The first-order valence-corrected chi connectivity index (χ1v) is 8.90. The highest BCUT2D eigenvalue weighted by Gasteiger charge is 2.25. The van der Waals surface area contributed by atoms with E-state index >= 15 is 0 Å². The molecule has 0 aliphatic heterocycles. The lowest BCUT2D eigenvalue weighted by molar-refractivity contribution is -0.153. The molecule has 0 bridgehead atoms. The third-order valence-corrected chi connectivity index (χ3v) is 3.75. The van der Waals surface area contributed by atoms with Gasteiger partial charge in [-0.15, -0.1) is 0 Å². The minimum absolute atomic E-state index is 0.0178. The van der Waals surface area contributed by atoms with Crippen LogP contribution in [0.15, 0.2) is 36.4 Å². The quantitative estimate of drug-likeness (QED) is 0.421. The van der Waals surface area contributed by atoms with Gasteiger partial charge in [-0.2, -0.15) is 0 Å². The number of hydrogen-bond donors (Lipinski definition) is 1. The van der Waals surface area contributed by atoms with Crippen LogP contribution in [0.1, 0.15) is 72.1 Å². The molecule has 0 atom stereocenters. The zero-order valence-corrected chi connectivity index (χ0v) is 18.2. The minimum Gasteiger partial charge on any atom is -0.507 e. The minimum atomic E-state index is -0.710. The van der Waals surface area contributed by atoms with Crippen molar-refractivity contribution >= 4 is 11.9 Å². The Labute approximate surface area is 163 Å². The molecule has 1 rings (SSSR count). The number of ether oxygens (including phenoxy) is 1. The number of carbonyl (C=O) groups excluding carboxylic acids is 2. The van der Waals surface area contributed by atoms with Gasteiger partial charge in [0, 0.05) is 11.1 Å². The van der Waals surface area contributed by atoms with E-state index in [-0.39, 0.29) is 22.0 Å². The molecular weight excluding hydrogens is 340 g/mol. The van der Waals surface area contributed by atoms with E-state index in [1.807, 2.05) is 0 Å². The molecule has 1 aromatic rings. The third-order valence-electron chi connectivity index (χ3n) is 3.75. The lowest BCUT2D eigenvalue weighted by Crippen LogP contribution is -2.17. The molecule has 1 N–H and O–H groups in total. The Hall–Kier alpha value is -2.36. The number of phenolic OH excluding ortho intramolecular Hbond substituents is 1. The number of phenols is 1. The lowest BCUT2D eigenvalue weighted by Gasteiger charge is -2.27. The monoisotopic (exact) mass is 374 g/mol. The van der Waals surface area contributed by atoms with E-state index in [1.165, 1.54) is 19.4 Å². The molecule has 0 aliphatic rings. The predicted octanol–water partition coefficient (Wildman–Crippen LogP) is 5.50. The average molecular weight is 375 g/mol. The molecule has 0 spiro atoms. The van der Waals surface area contributed by atoms with Gasteiger partial charge in [0.1, 0.15) is 5.75 Å². The van der Waals surface area contributed by atoms with Crippen molar-refractivity contribution in [3.63, 3.8) is 0 Å². The molecule has 150 valence electrons. The summed E-state index contributed by atoms with van der Waals surface area (Å²) < 4.78 is 4.30. The Morgan fingerprint density at radius 2 is 1.15 bits per heavy atom. The van der Waals surface area contributed by atoms with Gasteiger partial charge in [-0.3, -0.25) is 0 Å². The largest absolute Gasteiger partial charge is 0.507 e. The zero-order chi connectivity index (χ0) is 21.7. The van der Waals surface area contributed by atoms with Crippen molar-refractivity contribution in [1.82, 2.24) is 0 Å². The second kappa shape index (κ2) is 9.03. The fourth-order valence-corrected chi connectivity index (χ4v) is 2.18. The van der Waals surface area contributed by atoms with E-state index in [2.05, 4.69) is 78.5 Å². The summed E-state index contributed by atoms with van der Waals surface area (Å²) in [6.45, 7) is 24.4. The normalized spacial score (nSPS) is 11.1. The van der Waals surface area contributed by atoms with Crippen LogP contribution in [0.5, 0.6) is 5.75 Å². The van der Waals surface area contributed by atoms with Crippen LogP contribution < -0.4 is 0 Å². The lowest BCUT2D eigenvalue weighted by atomic mass is 9.78. The van der Waals surface area contributed by atoms with Crippen molar-refractivity contribution in [3.05, 3.63) is 53.1 Å². The van der Waals surface area contributed by atoms with Gasteiger partial charge in [0.25, 0.3) is 0 Å². The van der Waals surface area contributed by atoms with Crippen molar-refractivity contribution in [2.24, 2.45) is 0 Å². The molecule has 0 aromatic heterocycles. The van der Waals surface area contributed by atoms with Crippen molar-refractivity contribution in [2.45, 2.75) is 73.1 Å². The van der Waals surface area contributed by atoms with Gasteiger partial charge in [-0.05, 0) is 42.7 Å². The fraction of sp³-hybridized carbons (Fsp3) is 0.478. The summed E-state index contributed by atoms with van der Waals surface area (Å²) in [7, 11) is 0. The van der Waals surface area contributed by atoms with Crippen LogP contribution in [-0.4, -0.2) is 17.0 Å². The number of carbonyl (C=O) groups is 2. The maximum absolute atomic E-state index is 10.7. The van der Waals surface area contributed by atoms with Crippen LogP contribution in [0.4, 0.5) is 0 Å². The first-order chi connectivity index (χ1) is 12.0. The van der Waals surface area contributed by atoms with E-state index in [0.717, 1.165) is 11.1 Å². The molecule has 1 aromatic carbocycles. The van der Waals surface area contributed by atoms with Gasteiger partial charge in [0.05, 0.1) is 0 Å². The molecule has 27 heavy (non-hydrogen) atoms. The van der Waals surface area contributed by atoms with Crippen LogP contribution in [0.2, 0.25) is 0 Å². The Kier molecular flexibility index (Phi) is 8.24. The summed E-state index contributed by atoms with van der Waals surface area (Å²) in [5, 5.41) is 10.4. The highest BCUT2D eigenvalue weighted by Crippen LogP contribution is 2.39. The number of rotatable bonds is 2. The first-order valence-electron chi connectivity index (χ1n) is 8.90. The highest BCUT2D eigenvalue weighted by atomic mass is 16.6. The van der Waals surface area contributed by atoms with Gasteiger partial charge in [-0.25, -0.2) is 9.59 Å². The summed E-state index contributed by atoms with van der Waals surface area (Å²) >= 11 is 0. The van der Waals surface area contributed by atoms with Gasteiger partial charge in [-0.1, -0.05) is 72.4 Å². The topological polar surface area (TPSA) is 63.6 Å². The molecule has 0 aliphatic carbocycles. The second-order valence-electron chi connectivity index (χ2n) is 8.95. The molecule has 0 saturated heterocycles. The number of aromatic hydroxyl groups is 1. The SMILES string of the molecule is C=C(C)C(=O)OC(=O)C(=C)C.Cc1cc(C(C)(C)C)c(O)c(C(C)(C)C)c1. The van der Waals surface area contributed by atoms with Crippen LogP contribution in [-0.2, 0) is 25.2 Å². The second-order valence-corrected chi connectivity index (χ2v) is 8.95. The standard InChI is InChI=1S/C15H24O.C8H10O3/c1-10-8-11(14(2,3)4)13(16)12(9-10)15(5,6)7;1-5(2)7(9)11-8(10)6(3)4/h8-9,16H,1-7H3;1,3H2,2,4H3. The average Bonchev–Trinajstić information content (AvgIpc) is 2.47.